The van der Waals surface area contributed by atoms with Gasteiger partial charge in [-0.2, -0.15) is 0 Å². The van der Waals surface area contributed by atoms with Crippen molar-refractivity contribution < 1.29 is 14.3 Å². The Balaban J connectivity index is 1.87. The molecule has 3 rings (SSSR count). The van der Waals surface area contributed by atoms with Crippen molar-refractivity contribution in [1.82, 2.24) is 4.90 Å². The summed E-state index contributed by atoms with van der Waals surface area (Å²) < 4.78 is 5.40. The predicted molar refractivity (Wildman–Crippen MR) is 88.3 cm³/mol. The monoisotopic (exact) mass is 312 g/mol. The van der Waals surface area contributed by atoms with Crippen molar-refractivity contribution in [3.63, 3.8) is 0 Å². The van der Waals surface area contributed by atoms with E-state index in [4.69, 9.17) is 10.5 Å². The van der Waals surface area contributed by atoms with Crippen molar-refractivity contribution in [2.45, 2.75) is 12.8 Å². The minimum atomic E-state index is -0.277. The Morgan fingerprint density at radius 2 is 1.74 bits per heavy atom. The van der Waals surface area contributed by atoms with Crippen LogP contribution in [0.3, 0.4) is 0 Å². The second kappa shape index (κ2) is 6.28. The summed E-state index contributed by atoms with van der Waals surface area (Å²) in [5, 5.41) is 2.04. The molecule has 2 aromatic rings. The molecule has 0 radical (unpaired) electrons. The van der Waals surface area contributed by atoms with Crippen LogP contribution in [0.4, 0.5) is 0 Å². The largest absolute Gasteiger partial charge is 0.496 e. The first kappa shape index (κ1) is 15.3. The molecule has 1 fully saturated rings. The number of ether oxygens (including phenoxy) is 1. The van der Waals surface area contributed by atoms with E-state index < -0.39 is 0 Å². The van der Waals surface area contributed by atoms with Gasteiger partial charge >= 0.3 is 0 Å². The van der Waals surface area contributed by atoms with Crippen molar-refractivity contribution in [2.24, 2.45) is 11.7 Å². The van der Waals surface area contributed by atoms with Crippen LogP contribution in [0.5, 0.6) is 5.75 Å². The van der Waals surface area contributed by atoms with Crippen molar-refractivity contribution in [3.05, 3.63) is 42.0 Å². The number of hydrogen-bond acceptors (Lipinski definition) is 3. The zero-order chi connectivity index (χ0) is 16.4. The lowest BCUT2D eigenvalue weighted by molar-refractivity contribution is -0.123. The zero-order valence-corrected chi connectivity index (χ0v) is 13.1. The maximum atomic E-state index is 12.8. The number of carbonyl (C=O) groups excluding carboxylic acids is 2. The van der Waals surface area contributed by atoms with Gasteiger partial charge in [0.2, 0.25) is 5.91 Å². The molecule has 0 bridgehead atoms. The summed E-state index contributed by atoms with van der Waals surface area (Å²) in [6.45, 7) is 1.09. The van der Waals surface area contributed by atoms with Gasteiger partial charge in [0.25, 0.3) is 5.91 Å². The number of benzene rings is 2. The third-order valence-electron chi connectivity index (χ3n) is 4.48. The van der Waals surface area contributed by atoms with Gasteiger partial charge in [-0.15, -0.1) is 0 Å². The van der Waals surface area contributed by atoms with Crippen LogP contribution in [0.2, 0.25) is 0 Å². The van der Waals surface area contributed by atoms with Crippen LogP contribution >= 0.6 is 0 Å². The molecule has 5 nitrogen and oxygen atoms in total. The SMILES string of the molecule is COc1cc2ccccc2cc1C(=O)N1CCC(C(N)=O)CC1. The Bertz CT molecular complexity index is 749. The summed E-state index contributed by atoms with van der Waals surface area (Å²) >= 11 is 0. The Hall–Kier alpha value is -2.56. The quantitative estimate of drug-likeness (QED) is 0.944. The summed E-state index contributed by atoms with van der Waals surface area (Å²) in [7, 11) is 1.57. The number of carbonyl (C=O) groups is 2. The smallest absolute Gasteiger partial charge is 0.257 e. The molecule has 120 valence electrons. The first-order valence-corrected chi connectivity index (χ1v) is 7.75. The van der Waals surface area contributed by atoms with Gasteiger partial charge in [-0.3, -0.25) is 9.59 Å². The molecule has 0 aliphatic carbocycles. The maximum absolute atomic E-state index is 12.8. The van der Waals surface area contributed by atoms with Gasteiger partial charge < -0.3 is 15.4 Å². The molecule has 1 aliphatic heterocycles. The number of methoxy groups -OCH3 is 1. The van der Waals surface area contributed by atoms with Crippen molar-refractivity contribution in [1.29, 1.82) is 0 Å². The minimum Gasteiger partial charge on any atom is -0.496 e. The summed E-state index contributed by atoms with van der Waals surface area (Å²) in [5.74, 6) is 0.110. The second-order valence-corrected chi connectivity index (χ2v) is 5.87. The zero-order valence-electron chi connectivity index (χ0n) is 13.1. The molecule has 1 heterocycles. The van der Waals surface area contributed by atoms with Crippen LogP contribution in [0.1, 0.15) is 23.2 Å². The molecule has 1 aliphatic rings. The Morgan fingerprint density at radius 1 is 1.13 bits per heavy atom. The molecular weight excluding hydrogens is 292 g/mol. The highest BCUT2D eigenvalue weighted by Gasteiger charge is 2.27. The minimum absolute atomic E-state index is 0.0597. The number of fused-ring (bicyclic) bond motifs is 1. The molecule has 0 atom stereocenters. The van der Waals surface area contributed by atoms with E-state index in [9.17, 15) is 9.59 Å². The van der Waals surface area contributed by atoms with Gasteiger partial charge in [-0.25, -0.2) is 0 Å². The van der Waals surface area contributed by atoms with Crippen LogP contribution in [-0.4, -0.2) is 36.9 Å². The van der Waals surface area contributed by atoms with Crippen LogP contribution in [0.15, 0.2) is 36.4 Å². The normalized spacial score (nSPS) is 15.6. The van der Waals surface area contributed by atoms with Crippen LogP contribution in [-0.2, 0) is 4.79 Å². The lowest BCUT2D eigenvalue weighted by Gasteiger charge is -2.31. The molecule has 0 unspecified atom stereocenters. The first-order valence-electron chi connectivity index (χ1n) is 7.75. The van der Waals surface area contributed by atoms with Crippen LogP contribution in [0, 0.1) is 5.92 Å². The summed E-state index contributed by atoms with van der Waals surface area (Å²) in [6, 6.07) is 11.6. The molecule has 5 heteroatoms. The van der Waals surface area contributed by atoms with Gasteiger partial charge in [-0.05, 0) is 35.7 Å². The molecule has 23 heavy (non-hydrogen) atoms. The van der Waals surface area contributed by atoms with Gasteiger partial charge in [-0.1, -0.05) is 24.3 Å². The summed E-state index contributed by atoms with van der Waals surface area (Å²) in [4.78, 5) is 25.8. The highest BCUT2D eigenvalue weighted by Crippen LogP contribution is 2.28. The van der Waals surface area contributed by atoms with E-state index in [1.165, 1.54) is 0 Å². The number of likely N-dealkylation sites (tertiary alicyclic amines) is 1. The van der Waals surface area contributed by atoms with Crippen molar-refractivity contribution in [2.75, 3.05) is 20.2 Å². The number of rotatable bonds is 3. The number of primary amides is 1. The van der Waals surface area contributed by atoms with Gasteiger partial charge in [0.15, 0.2) is 0 Å². The molecule has 1 saturated heterocycles. The number of hydrogen-bond donors (Lipinski definition) is 1. The number of amides is 2. The molecule has 0 spiro atoms. The van der Waals surface area contributed by atoms with Gasteiger partial charge in [0.05, 0.1) is 12.7 Å². The van der Waals surface area contributed by atoms with Crippen molar-refractivity contribution in [3.8, 4) is 5.75 Å². The van der Waals surface area contributed by atoms with E-state index >= 15 is 0 Å². The summed E-state index contributed by atoms with van der Waals surface area (Å²) in [6.07, 6.45) is 1.24. The van der Waals surface area contributed by atoms with Gasteiger partial charge in [0, 0.05) is 19.0 Å². The predicted octanol–water partition coefficient (Wildman–Crippen LogP) is 2.19. The lowest BCUT2D eigenvalue weighted by Crippen LogP contribution is -2.41. The Kier molecular flexibility index (Phi) is 4.19. The number of piperidine rings is 1. The van der Waals surface area contributed by atoms with E-state index in [0.717, 1.165) is 10.8 Å². The third kappa shape index (κ3) is 2.99. The van der Waals surface area contributed by atoms with Crippen LogP contribution < -0.4 is 10.5 Å². The average Bonchev–Trinajstić information content (AvgIpc) is 2.60. The van der Waals surface area contributed by atoms with Gasteiger partial charge in [0.1, 0.15) is 5.75 Å². The molecule has 0 saturated carbocycles. The highest BCUT2D eigenvalue weighted by atomic mass is 16.5. The molecule has 2 N–H and O–H groups in total. The van der Waals surface area contributed by atoms with Crippen LogP contribution in [0.25, 0.3) is 10.8 Å². The Labute approximate surface area is 135 Å². The molecule has 2 aromatic carbocycles. The third-order valence-corrected chi connectivity index (χ3v) is 4.48. The number of nitrogens with two attached hydrogens (primary N) is 1. The highest BCUT2D eigenvalue weighted by molar-refractivity contribution is 6.01. The fourth-order valence-corrected chi connectivity index (χ4v) is 3.09. The standard InChI is InChI=1S/C18H20N2O3/c1-23-16-11-14-5-3-2-4-13(14)10-15(16)18(22)20-8-6-12(7-9-20)17(19)21/h2-5,10-12H,6-9H2,1H3,(H2,19,21). The molecule has 0 aromatic heterocycles. The fourth-order valence-electron chi connectivity index (χ4n) is 3.09. The first-order chi connectivity index (χ1) is 11.1. The van der Waals surface area contributed by atoms with E-state index in [1.807, 2.05) is 36.4 Å². The van der Waals surface area contributed by atoms with E-state index in [0.29, 0.717) is 37.2 Å². The maximum Gasteiger partial charge on any atom is 0.257 e. The lowest BCUT2D eigenvalue weighted by atomic mass is 9.95. The topological polar surface area (TPSA) is 72.6 Å². The Morgan fingerprint density at radius 3 is 2.30 bits per heavy atom. The molecule has 2 amide bonds. The van der Waals surface area contributed by atoms with E-state index in [-0.39, 0.29) is 17.7 Å². The summed E-state index contributed by atoms with van der Waals surface area (Å²) in [5.41, 5.74) is 5.90. The second-order valence-electron chi connectivity index (χ2n) is 5.87. The average molecular weight is 312 g/mol. The fraction of sp³-hybridized carbons (Fsp3) is 0.333. The number of nitrogens with zero attached hydrogens (tertiary/aromatic N) is 1. The molecular formula is C18H20N2O3. The van der Waals surface area contributed by atoms with E-state index in [1.54, 1.807) is 12.0 Å². The van der Waals surface area contributed by atoms with E-state index in [2.05, 4.69) is 0 Å². The van der Waals surface area contributed by atoms with Crippen molar-refractivity contribution >= 4 is 22.6 Å².